The Hall–Kier alpha value is -9.68. The maximum atomic E-state index is 5.77. The monoisotopic (exact) mass is 972 g/mol. The number of benzene rings is 11. The molecule has 0 radical (unpaired) electrons. The van der Waals surface area contributed by atoms with Crippen LogP contribution in [0.25, 0.3) is 100 Å². The average molecular weight is 973 g/mol. The summed E-state index contributed by atoms with van der Waals surface area (Å²) in [6, 6.07) is 106. The van der Waals surface area contributed by atoms with Crippen molar-refractivity contribution in [2.45, 2.75) is 0 Å². The molecule has 3 aromatic heterocycles. The highest BCUT2D eigenvalue weighted by Gasteiger charge is 2.41. The largest absolute Gasteiger partial charge is 0.309 e. The topological polar surface area (TPSA) is 35.6 Å². The van der Waals surface area contributed by atoms with Crippen molar-refractivity contribution in [3.63, 3.8) is 0 Å². The summed E-state index contributed by atoms with van der Waals surface area (Å²) in [6.07, 6.45) is 0. The van der Waals surface area contributed by atoms with E-state index in [1.54, 1.807) is 0 Å². The van der Waals surface area contributed by atoms with Crippen LogP contribution >= 0.6 is 0 Å². The van der Waals surface area contributed by atoms with Crippen LogP contribution in [0.2, 0.25) is 0 Å². The van der Waals surface area contributed by atoms with Gasteiger partial charge in [0.25, 0.3) is 0 Å². The summed E-state index contributed by atoms with van der Waals surface area (Å²) in [5, 5.41) is 10.0. The normalized spacial score (nSPS) is 11.7. The first-order valence-corrected chi connectivity index (χ1v) is 27.7. The van der Waals surface area contributed by atoms with E-state index in [0.29, 0.717) is 5.82 Å². The Morgan fingerprint density at radius 3 is 1.23 bits per heavy atom. The molecule has 352 valence electrons. The van der Waals surface area contributed by atoms with Gasteiger partial charge < -0.3 is 4.57 Å². The summed E-state index contributed by atoms with van der Waals surface area (Å²) >= 11 is 0. The van der Waals surface area contributed by atoms with E-state index in [-0.39, 0.29) is 0 Å². The van der Waals surface area contributed by atoms with Gasteiger partial charge in [-0.15, -0.1) is 0 Å². The lowest BCUT2D eigenvalue weighted by Crippen LogP contribution is -2.74. The third-order valence-corrected chi connectivity index (χ3v) is 19.9. The van der Waals surface area contributed by atoms with Crippen LogP contribution in [0.3, 0.4) is 0 Å². The Morgan fingerprint density at radius 1 is 0.280 bits per heavy atom. The molecule has 0 bridgehead atoms. The molecule has 0 aliphatic carbocycles. The second-order valence-electron chi connectivity index (χ2n) is 19.2. The lowest BCUT2D eigenvalue weighted by Gasteiger charge is -2.34. The van der Waals surface area contributed by atoms with Crippen molar-refractivity contribution in [1.82, 2.24) is 19.1 Å². The molecular formula is C70H48N4Si. The van der Waals surface area contributed by atoms with E-state index in [1.807, 2.05) is 0 Å². The standard InChI is InChI=1S/C70H48N4Si/c1-6-24-49(25-7-1)57-39-23-40-58(50-26-8-2-9-27-50)69(57)70-71-63(51-28-22-35-56(46-51)75(53-29-10-3-11-30-53,54-31-12-4-13-32-54)55-33-14-5-15-34-55)48-68(72-70)74-66-43-21-18-38-61(66)62-47-52(44-45-67(62)74)73-64-41-19-16-36-59(64)60-37-17-20-42-65(60)73/h1-48H. The molecule has 11 aromatic carbocycles. The van der Waals surface area contributed by atoms with Gasteiger partial charge in [0.15, 0.2) is 13.9 Å². The summed E-state index contributed by atoms with van der Waals surface area (Å²) < 4.78 is 4.75. The molecule has 0 amide bonds. The molecule has 0 aliphatic heterocycles. The fourth-order valence-electron chi connectivity index (χ4n) is 11.8. The molecule has 3 heterocycles. The van der Waals surface area contributed by atoms with Gasteiger partial charge in [0.05, 0.1) is 27.8 Å². The average Bonchev–Trinajstić information content (AvgIpc) is 4.03. The van der Waals surface area contributed by atoms with Crippen molar-refractivity contribution in [1.29, 1.82) is 0 Å². The van der Waals surface area contributed by atoms with Gasteiger partial charge in [0.1, 0.15) is 5.82 Å². The Labute approximate surface area is 436 Å². The molecule has 0 aliphatic rings. The van der Waals surface area contributed by atoms with E-state index in [0.717, 1.165) is 72.4 Å². The van der Waals surface area contributed by atoms with Gasteiger partial charge in [0, 0.05) is 44.4 Å². The second-order valence-corrected chi connectivity index (χ2v) is 23.1. The third-order valence-electron chi connectivity index (χ3n) is 15.1. The van der Waals surface area contributed by atoms with Gasteiger partial charge in [-0.2, -0.15) is 0 Å². The van der Waals surface area contributed by atoms with Crippen molar-refractivity contribution in [3.05, 3.63) is 291 Å². The minimum absolute atomic E-state index is 0.650. The zero-order chi connectivity index (χ0) is 49.7. The summed E-state index contributed by atoms with van der Waals surface area (Å²) in [7, 11) is -2.90. The van der Waals surface area contributed by atoms with Crippen LogP contribution in [0, 0.1) is 0 Å². The lowest BCUT2D eigenvalue weighted by atomic mass is 9.91. The van der Waals surface area contributed by atoms with E-state index in [9.17, 15) is 0 Å². The summed E-state index contributed by atoms with van der Waals surface area (Å²) in [4.78, 5) is 11.5. The van der Waals surface area contributed by atoms with E-state index in [4.69, 9.17) is 9.97 Å². The fraction of sp³-hybridized carbons (Fsp3) is 0. The number of aromatic nitrogens is 4. The van der Waals surface area contributed by atoms with Crippen molar-refractivity contribution >= 4 is 72.4 Å². The van der Waals surface area contributed by atoms with Crippen molar-refractivity contribution in [2.75, 3.05) is 0 Å². The number of rotatable bonds is 10. The zero-order valence-corrected chi connectivity index (χ0v) is 42.0. The first-order chi connectivity index (χ1) is 37.2. The molecule has 0 unspecified atom stereocenters. The number of hydrogen-bond donors (Lipinski definition) is 0. The Morgan fingerprint density at radius 2 is 0.693 bits per heavy atom. The van der Waals surface area contributed by atoms with E-state index >= 15 is 0 Å². The molecule has 0 N–H and O–H groups in total. The molecule has 75 heavy (non-hydrogen) atoms. The Kier molecular flexibility index (Phi) is 10.8. The summed E-state index contributed by atoms with van der Waals surface area (Å²) in [5.74, 6) is 1.44. The van der Waals surface area contributed by atoms with E-state index in [1.165, 1.54) is 42.6 Å². The number of para-hydroxylation sites is 3. The van der Waals surface area contributed by atoms with Gasteiger partial charge in [0.2, 0.25) is 0 Å². The predicted molar refractivity (Wildman–Crippen MR) is 316 cm³/mol. The quantitative estimate of drug-likeness (QED) is 0.101. The molecule has 0 spiro atoms. The molecule has 0 fully saturated rings. The minimum Gasteiger partial charge on any atom is -0.309 e. The first-order valence-electron chi connectivity index (χ1n) is 25.7. The Bertz CT molecular complexity index is 4190. The van der Waals surface area contributed by atoms with Crippen LogP contribution in [0.15, 0.2) is 291 Å². The first kappa shape index (κ1) is 44.1. The number of hydrogen-bond acceptors (Lipinski definition) is 2. The van der Waals surface area contributed by atoms with Crippen molar-refractivity contribution < 1.29 is 0 Å². The van der Waals surface area contributed by atoms with Gasteiger partial charge in [-0.25, -0.2) is 9.97 Å². The van der Waals surface area contributed by atoms with Gasteiger partial charge in [-0.05, 0) is 79.4 Å². The van der Waals surface area contributed by atoms with Gasteiger partial charge in [-0.3, -0.25) is 4.57 Å². The lowest BCUT2D eigenvalue weighted by molar-refractivity contribution is 1.05. The molecule has 0 saturated heterocycles. The third kappa shape index (κ3) is 7.35. The second kappa shape index (κ2) is 18.4. The number of fused-ring (bicyclic) bond motifs is 6. The molecule has 14 aromatic rings. The van der Waals surface area contributed by atoms with E-state index < -0.39 is 8.07 Å². The smallest absolute Gasteiger partial charge is 0.179 e. The van der Waals surface area contributed by atoms with Crippen LogP contribution in [-0.4, -0.2) is 27.2 Å². The maximum Gasteiger partial charge on any atom is 0.179 e. The van der Waals surface area contributed by atoms with E-state index in [2.05, 4.69) is 300 Å². The highest BCUT2D eigenvalue weighted by Crippen LogP contribution is 2.42. The summed E-state index contributed by atoms with van der Waals surface area (Å²) in [5.41, 5.74) is 12.8. The molecular weight excluding hydrogens is 925 g/mol. The predicted octanol–water partition coefficient (Wildman–Crippen LogP) is 14.7. The van der Waals surface area contributed by atoms with Gasteiger partial charge >= 0.3 is 0 Å². The van der Waals surface area contributed by atoms with Crippen LogP contribution < -0.4 is 20.7 Å². The Balaban J connectivity index is 1.06. The van der Waals surface area contributed by atoms with Crippen LogP contribution in [0.4, 0.5) is 0 Å². The fourth-order valence-corrected chi connectivity index (χ4v) is 16.6. The summed E-state index contributed by atoms with van der Waals surface area (Å²) in [6.45, 7) is 0. The number of nitrogens with zero attached hydrogens (tertiary/aromatic N) is 4. The molecule has 14 rings (SSSR count). The van der Waals surface area contributed by atoms with Crippen molar-refractivity contribution in [3.8, 4) is 56.4 Å². The molecule has 0 atom stereocenters. The maximum absolute atomic E-state index is 5.77. The highest BCUT2D eigenvalue weighted by molar-refractivity contribution is 7.19. The SMILES string of the molecule is c1ccc(-c2cccc(-c3ccccc3)c2-c2nc(-c3cccc([Si](c4ccccc4)(c4ccccc4)c4ccccc4)c3)cc(-n3c4ccccc4c4cc(-n5c6ccccc6c6ccccc65)ccc43)n2)cc1. The zero-order valence-electron chi connectivity index (χ0n) is 41.0. The molecule has 5 heteroatoms. The van der Waals surface area contributed by atoms with Crippen LogP contribution in [0.5, 0.6) is 0 Å². The minimum atomic E-state index is -2.90. The van der Waals surface area contributed by atoms with Crippen LogP contribution in [-0.2, 0) is 0 Å². The van der Waals surface area contributed by atoms with Crippen LogP contribution in [0.1, 0.15) is 0 Å². The molecule has 0 saturated carbocycles. The highest BCUT2D eigenvalue weighted by atomic mass is 28.3. The molecule has 4 nitrogen and oxygen atoms in total. The van der Waals surface area contributed by atoms with Crippen molar-refractivity contribution in [2.24, 2.45) is 0 Å². The van der Waals surface area contributed by atoms with Gasteiger partial charge in [-0.1, -0.05) is 249 Å².